The number of piperidine rings is 1. The third-order valence-corrected chi connectivity index (χ3v) is 4.71. The number of hydrogen-bond acceptors (Lipinski definition) is 4. The second kappa shape index (κ2) is 6.02. The minimum Gasteiger partial charge on any atom is -0.367 e. The number of hydrogen-bond donors (Lipinski definition) is 0. The van der Waals surface area contributed by atoms with E-state index >= 15 is 0 Å². The Labute approximate surface area is 128 Å². The average molecular weight is 347 g/mol. The van der Waals surface area contributed by atoms with Crippen LogP contribution in [0.15, 0.2) is 0 Å². The van der Waals surface area contributed by atoms with Gasteiger partial charge < -0.3 is 9.74 Å². The number of likely N-dealkylation sites (tertiary alicyclic amines) is 1. The number of carbonyl (C=O) groups excluding carboxylic acids is 2. The zero-order valence-electron chi connectivity index (χ0n) is 12.4. The Morgan fingerprint density at radius 2 is 1.80 bits per heavy atom. The molecule has 5 nitrogen and oxygen atoms in total. The number of carbonyl (C=O) groups is 2. The maximum absolute atomic E-state index is 12.0. The largest absolute Gasteiger partial charge is 0.367 e. The molecular formula is C14H23BrN2O3. The molecule has 0 aromatic heterocycles. The summed E-state index contributed by atoms with van der Waals surface area (Å²) >= 11 is 3.41. The molecule has 0 saturated carbocycles. The molecule has 2 aliphatic heterocycles. The van der Waals surface area contributed by atoms with Gasteiger partial charge in [0.1, 0.15) is 0 Å². The molecule has 0 aromatic rings. The van der Waals surface area contributed by atoms with Crippen LogP contribution >= 0.6 is 15.9 Å². The third-order valence-electron chi connectivity index (χ3n) is 3.86. The van der Waals surface area contributed by atoms with Crippen molar-refractivity contribution in [1.82, 2.24) is 9.96 Å². The normalized spacial score (nSPS) is 26.1. The lowest BCUT2D eigenvalue weighted by atomic mass is 9.98. The summed E-state index contributed by atoms with van der Waals surface area (Å²) in [6, 6.07) is 0.287. The van der Waals surface area contributed by atoms with E-state index in [-0.39, 0.29) is 22.7 Å². The minimum atomic E-state index is -0.481. The van der Waals surface area contributed by atoms with Crippen LogP contribution < -0.4 is 0 Å². The highest BCUT2D eigenvalue weighted by molar-refractivity contribution is 9.10. The van der Waals surface area contributed by atoms with Crippen LogP contribution in [0, 0.1) is 5.41 Å². The lowest BCUT2D eigenvalue weighted by molar-refractivity contribution is -0.206. The summed E-state index contributed by atoms with van der Waals surface area (Å²) in [6.07, 6.45) is 2.61. The molecule has 0 bridgehead atoms. The number of alkyl halides is 1. The average Bonchev–Trinajstić information content (AvgIpc) is 2.70. The molecule has 2 fully saturated rings. The summed E-state index contributed by atoms with van der Waals surface area (Å²) < 4.78 is 0. The van der Waals surface area contributed by atoms with E-state index in [1.807, 2.05) is 25.7 Å². The summed E-state index contributed by atoms with van der Waals surface area (Å²) in [5, 5.41) is 1.73. The summed E-state index contributed by atoms with van der Waals surface area (Å²) in [6.45, 7) is 7.77. The van der Waals surface area contributed by atoms with Crippen molar-refractivity contribution < 1.29 is 14.4 Å². The van der Waals surface area contributed by atoms with E-state index in [2.05, 4.69) is 15.9 Å². The number of halogens is 1. The molecule has 114 valence electrons. The van der Waals surface area contributed by atoms with Crippen LogP contribution in [0.25, 0.3) is 0 Å². The smallest absolute Gasteiger partial charge is 0.330 e. The van der Waals surface area contributed by atoms with E-state index in [0.717, 1.165) is 25.8 Å². The Bertz CT molecular complexity index is 386. The van der Waals surface area contributed by atoms with E-state index in [0.29, 0.717) is 13.1 Å². The monoisotopic (exact) mass is 346 g/mol. The van der Waals surface area contributed by atoms with E-state index in [9.17, 15) is 9.59 Å². The van der Waals surface area contributed by atoms with Crippen molar-refractivity contribution in [3.8, 4) is 0 Å². The molecule has 0 spiro atoms. The molecule has 1 atom stereocenters. The first-order chi connectivity index (χ1) is 9.29. The minimum absolute atomic E-state index is 0.0146. The highest BCUT2D eigenvalue weighted by Gasteiger charge is 2.36. The van der Waals surface area contributed by atoms with Crippen LogP contribution in [-0.2, 0) is 14.4 Å². The van der Waals surface area contributed by atoms with Crippen molar-refractivity contribution in [3.05, 3.63) is 0 Å². The Kier molecular flexibility index (Phi) is 4.74. The maximum atomic E-state index is 12.0. The molecule has 1 unspecified atom stereocenters. The molecule has 0 radical (unpaired) electrons. The second-order valence-electron chi connectivity index (χ2n) is 6.58. The van der Waals surface area contributed by atoms with Crippen LogP contribution in [-0.4, -0.2) is 52.3 Å². The van der Waals surface area contributed by atoms with Crippen molar-refractivity contribution in [2.75, 3.05) is 19.6 Å². The van der Waals surface area contributed by atoms with Gasteiger partial charge in [-0.25, -0.2) is 4.79 Å². The molecular weight excluding hydrogens is 324 g/mol. The summed E-state index contributed by atoms with van der Waals surface area (Å²) in [5.41, 5.74) is -0.481. The predicted octanol–water partition coefficient (Wildman–Crippen LogP) is 1.95. The molecule has 20 heavy (non-hydrogen) atoms. The first kappa shape index (κ1) is 15.8. The van der Waals surface area contributed by atoms with E-state index in [1.54, 1.807) is 5.06 Å². The highest BCUT2D eigenvalue weighted by Crippen LogP contribution is 2.26. The van der Waals surface area contributed by atoms with Crippen molar-refractivity contribution in [1.29, 1.82) is 0 Å². The molecule has 2 rings (SSSR count). The zero-order valence-corrected chi connectivity index (χ0v) is 14.0. The van der Waals surface area contributed by atoms with Gasteiger partial charge in [0, 0.05) is 25.7 Å². The molecule has 0 aromatic carbocycles. The Morgan fingerprint density at radius 1 is 1.20 bits per heavy atom. The SMILES string of the molecule is CC(C)(C)C(=O)ON1CCC(N2CCC(Br)C2=O)CC1. The van der Waals surface area contributed by atoms with E-state index < -0.39 is 5.41 Å². The standard InChI is InChI=1S/C14H23BrN2O3/c1-14(2,3)13(19)20-16-7-4-10(5-8-16)17-9-6-11(15)12(17)18/h10-11H,4-9H2,1-3H3. The molecule has 2 saturated heterocycles. The molecule has 6 heteroatoms. The van der Waals surface area contributed by atoms with Crippen molar-refractivity contribution >= 4 is 27.8 Å². The van der Waals surface area contributed by atoms with Crippen LogP contribution in [0.2, 0.25) is 0 Å². The summed E-state index contributed by atoms with van der Waals surface area (Å²) in [4.78, 5) is 31.2. The molecule has 1 amide bonds. The molecule has 0 aliphatic carbocycles. The van der Waals surface area contributed by atoms with Gasteiger partial charge in [-0.05, 0) is 40.0 Å². The highest BCUT2D eigenvalue weighted by atomic mass is 79.9. The zero-order chi connectivity index (χ0) is 14.9. The molecule has 2 heterocycles. The molecule has 0 N–H and O–H groups in total. The number of amides is 1. The van der Waals surface area contributed by atoms with Crippen LogP contribution in [0.3, 0.4) is 0 Å². The van der Waals surface area contributed by atoms with Gasteiger partial charge in [0.2, 0.25) is 5.91 Å². The van der Waals surface area contributed by atoms with Crippen molar-refractivity contribution in [2.24, 2.45) is 5.41 Å². The van der Waals surface area contributed by atoms with Gasteiger partial charge in [0.05, 0.1) is 10.2 Å². The fraction of sp³-hybridized carbons (Fsp3) is 0.857. The second-order valence-corrected chi connectivity index (χ2v) is 7.68. The number of hydroxylamine groups is 2. The van der Waals surface area contributed by atoms with Gasteiger partial charge in [-0.15, -0.1) is 5.06 Å². The summed E-state index contributed by atoms with van der Waals surface area (Å²) in [5.74, 6) is 0.00357. The number of rotatable bonds is 2. The van der Waals surface area contributed by atoms with Gasteiger partial charge in [-0.2, -0.15) is 0 Å². The summed E-state index contributed by atoms with van der Waals surface area (Å²) in [7, 11) is 0. The van der Waals surface area contributed by atoms with Gasteiger partial charge in [-0.3, -0.25) is 4.79 Å². The Hall–Kier alpha value is -0.620. The van der Waals surface area contributed by atoms with Crippen LogP contribution in [0.1, 0.15) is 40.0 Å². The third kappa shape index (κ3) is 3.52. The Morgan fingerprint density at radius 3 is 2.25 bits per heavy atom. The first-order valence-electron chi connectivity index (χ1n) is 7.21. The predicted molar refractivity (Wildman–Crippen MR) is 79.2 cm³/mol. The van der Waals surface area contributed by atoms with E-state index in [4.69, 9.17) is 4.84 Å². The van der Waals surface area contributed by atoms with Gasteiger partial charge >= 0.3 is 5.97 Å². The van der Waals surface area contributed by atoms with Gasteiger partial charge in [0.15, 0.2) is 0 Å². The molecule has 2 aliphatic rings. The fourth-order valence-corrected chi connectivity index (χ4v) is 3.00. The van der Waals surface area contributed by atoms with Crippen molar-refractivity contribution in [2.45, 2.75) is 50.9 Å². The van der Waals surface area contributed by atoms with Crippen molar-refractivity contribution in [3.63, 3.8) is 0 Å². The van der Waals surface area contributed by atoms with E-state index in [1.165, 1.54) is 0 Å². The number of nitrogens with zero attached hydrogens (tertiary/aromatic N) is 2. The van der Waals surface area contributed by atoms with Crippen LogP contribution in [0.5, 0.6) is 0 Å². The quantitative estimate of drug-likeness (QED) is 0.717. The lowest BCUT2D eigenvalue weighted by Crippen LogP contribution is -2.47. The van der Waals surface area contributed by atoms with Gasteiger partial charge in [0.25, 0.3) is 0 Å². The Balaban J connectivity index is 1.81. The fourth-order valence-electron chi connectivity index (χ4n) is 2.53. The maximum Gasteiger partial charge on any atom is 0.330 e. The van der Waals surface area contributed by atoms with Crippen LogP contribution in [0.4, 0.5) is 0 Å². The van der Waals surface area contributed by atoms with Gasteiger partial charge in [-0.1, -0.05) is 15.9 Å². The first-order valence-corrected chi connectivity index (χ1v) is 8.12. The lowest BCUT2D eigenvalue weighted by Gasteiger charge is -2.36. The topological polar surface area (TPSA) is 49.9 Å².